The maximum atomic E-state index is 14.7. The largest absolute Gasteiger partial charge is 0.385 e. The third kappa shape index (κ3) is 5.11. The van der Waals surface area contributed by atoms with Crippen molar-refractivity contribution in [1.29, 1.82) is 0 Å². The molecule has 0 unspecified atom stereocenters. The van der Waals surface area contributed by atoms with Crippen molar-refractivity contribution in [3.63, 3.8) is 0 Å². The van der Waals surface area contributed by atoms with E-state index in [1.807, 2.05) is 0 Å². The van der Waals surface area contributed by atoms with Crippen molar-refractivity contribution in [2.45, 2.75) is 12.8 Å². The van der Waals surface area contributed by atoms with Gasteiger partial charge in [0, 0.05) is 19.3 Å². The van der Waals surface area contributed by atoms with Crippen molar-refractivity contribution in [3.05, 3.63) is 106 Å². The molecule has 0 atom stereocenters. The Labute approximate surface area is 193 Å². The highest BCUT2D eigenvalue weighted by molar-refractivity contribution is 5.84. The topological polar surface area (TPSA) is 9.23 Å². The standard InChI is InChI=1S/C28H19F5O/c1-34-10-2-3-18-12-26(32)28(27(33)13-18)21-15-24(30)23(25(31)16-21)9-5-17-4-6-20-14-22(29)8-7-19(20)11-17/h4,6-8,11-16H,2-3,10H2,1H3. The Morgan fingerprint density at radius 3 is 2.03 bits per heavy atom. The summed E-state index contributed by atoms with van der Waals surface area (Å²) in [6.45, 7) is 0.446. The summed E-state index contributed by atoms with van der Waals surface area (Å²) in [5, 5.41) is 1.39. The molecule has 0 aromatic heterocycles. The highest BCUT2D eigenvalue weighted by atomic mass is 19.1. The van der Waals surface area contributed by atoms with E-state index in [0.29, 0.717) is 36.0 Å². The number of rotatable bonds is 5. The van der Waals surface area contributed by atoms with Crippen LogP contribution in [0, 0.1) is 40.9 Å². The predicted molar refractivity (Wildman–Crippen MR) is 122 cm³/mol. The van der Waals surface area contributed by atoms with E-state index in [4.69, 9.17) is 4.74 Å². The van der Waals surface area contributed by atoms with Gasteiger partial charge in [-0.2, -0.15) is 0 Å². The third-order valence-corrected chi connectivity index (χ3v) is 5.38. The number of benzene rings is 4. The van der Waals surface area contributed by atoms with Crippen molar-refractivity contribution >= 4 is 10.8 Å². The lowest BCUT2D eigenvalue weighted by Crippen LogP contribution is -1.99. The van der Waals surface area contributed by atoms with Gasteiger partial charge in [-0.15, -0.1) is 0 Å². The molecular weight excluding hydrogens is 447 g/mol. The first-order chi connectivity index (χ1) is 16.4. The Morgan fingerprint density at radius 1 is 0.706 bits per heavy atom. The van der Waals surface area contributed by atoms with Gasteiger partial charge in [0.25, 0.3) is 0 Å². The summed E-state index contributed by atoms with van der Waals surface area (Å²) >= 11 is 0. The Hall–Kier alpha value is -3.69. The van der Waals surface area contributed by atoms with Gasteiger partial charge in [-0.05, 0) is 83.3 Å². The number of methoxy groups -OCH3 is 1. The van der Waals surface area contributed by atoms with Crippen LogP contribution in [0.1, 0.15) is 23.1 Å². The molecule has 0 amide bonds. The first-order valence-corrected chi connectivity index (χ1v) is 10.5. The molecule has 0 bridgehead atoms. The molecule has 0 radical (unpaired) electrons. The average molecular weight is 466 g/mol. The fourth-order valence-electron chi connectivity index (χ4n) is 3.73. The minimum atomic E-state index is -1.03. The number of aryl methyl sites for hydroxylation is 1. The Bertz CT molecular complexity index is 1390. The molecule has 172 valence electrons. The number of ether oxygens (including phenoxy) is 1. The zero-order chi connectivity index (χ0) is 24.2. The van der Waals surface area contributed by atoms with E-state index in [1.165, 1.54) is 19.2 Å². The van der Waals surface area contributed by atoms with Gasteiger partial charge < -0.3 is 4.74 Å². The van der Waals surface area contributed by atoms with E-state index in [0.717, 1.165) is 29.7 Å². The van der Waals surface area contributed by atoms with Crippen LogP contribution in [0.4, 0.5) is 22.0 Å². The van der Waals surface area contributed by atoms with Crippen LogP contribution in [0.2, 0.25) is 0 Å². The lowest BCUT2D eigenvalue weighted by atomic mass is 9.98. The molecule has 4 aromatic carbocycles. The molecule has 34 heavy (non-hydrogen) atoms. The maximum Gasteiger partial charge on any atom is 0.142 e. The summed E-state index contributed by atoms with van der Waals surface area (Å²) in [7, 11) is 1.53. The Balaban J connectivity index is 1.64. The van der Waals surface area contributed by atoms with E-state index in [9.17, 15) is 22.0 Å². The van der Waals surface area contributed by atoms with Crippen LogP contribution in [0.25, 0.3) is 21.9 Å². The van der Waals surface area contributed by atoms with Gasteiger partial charge in [0.15, 0.2) is 0 Å². The van der Waals surface area contributed by atoms with Crippen molar-refractivity contribution in [1.82, 2.24) is 0 Å². The van der Waals surface area contributed by atoms with Crippen LogP contribution in [0.5, 0.6) is 0 Å². The van der Waals surface area contributed by atoms with E-state index in [-0.39, 0.29) is 11.4 Å². The predicted octanol–water partition coefficient (Wildman–Crippen LogP) is 7.18. The number of halogens is 5. The first kappa shape index (κ1) is 23.5. The highest BCUT2D eigenvalue weighted by Crippen LogP contribution is 2.30. The molecule has 0 aliphatic heterocycles. The molecule has 0 saturated carbocycles. The second-order valence-electron chi connectivity index (χ2n) is 7.80. The summed E-state index contributed by atoms with van der Waals surface area (Å²) in [6, 6.07) is 13.2. The molecule has 0 aliphatic rings. The molecule has 0 N–H and O–H groups in total. The molecule has 6 heteroatoms. The van der Waals surface area contributed by atoms with Crippen molar-refractivity contribution in [2.24, 2.45) is 0 Å². The molecule has 0 saturated heterocycles. The maximum absolute atomic E-state index is 14.7. The van der Waals surface area contributed by atoms with Gasteiger partial charge in [-0.1, -0.05) is 24.0 Å². The summed E-state index contributed by atoms with van der Waals surface area (Å²) < 4.78 is 76.9. The van der Waals surface area contributed by atoms with Gasteiger partial charge >= 0.3 is 0 Å². The van der Waals surface area contributed by atoms with Crippen LogP contribution >= 0.6 is 0 Å². The molecule has 1 nitrogen and oxygen atoms in total. The molecule has 4 rings (SSSR count). The van der Waals surface area contributed by atoms with Gasteiger partial charge in [0.1, 0.15) is 29.1 Å². The molecular formula is C28H19F5O. The zero-order valence-corrected chi connectivity index (χ0v) is 18.2. The number of hydrogen-bond donors (Lipinski definition) is 0. The van der Waals surface area contributed by atoms with Crippen LogP contribution in [0.15, 0.2) is 60.7 Å². The van der Waals surface area contributed by atoms with E-state index < -0.39 is 34.4 Å². The second-order valence-corrected chi connectivity index (χ2v) is 7.80. The van der Waals surface area contributed by atoms with Crippen LogP contribution in [-0.4, -0.2) is 13.7 Å². The summed E-state index contributed by atoms with van der Waals surface area (Å²) in [5.41, 5.74) is -0.373. The van der Waals surface area contributed by atoms with Gasteiger partial charge in [0.05, 0.1) is 11.1 Å². The van der Waals surface area contributed by atoms with E-state index in [1.54, 1.807) is 24.3 Å². The van der Waals surface area contributed by atoms with Gasteiger partial charge in [-0.25, -0.2) is 22.0 Å². The number of hydrogen-bond acceptors (Lipinski definition) is 1. The monoisotopic (exact) mass is 466 g/mol. The Kier molecular flexibility index (Phi) is 6.95. The molecule has 0 aliphatic carbocycles. The van der Waals surface area contributed by atoms with Gasteiger partial charge in [-0.3, -0.25) is 0 Å². The van der Waals surface area contributed by atoms with Crippen LogP contribution in [0.3, 0.4) is 0 Å². The number of fused-ring (bicyclic) bond motifs is 1. The van der Waals surface area contributed by atoms with Crippen molar-refractivity contribution in [3.8, 4) is 23.0 Å². The van der Waals surface area contributed by atoms with Crippen molar-refractivity contribution < 1.29 is 26.7 Å². The molecule has 0 heterocycles. The van der Waals surface area contributed by atoms with Crippen LogP contribution in [-0.2, 0) is 11.2 Å². The lowest BCUT2D eigenvalue weighted by Gasteiger charge is -2.10. The molecule has 0 spiro atoms. The lowest BCUT2D eigenvalue weighted by molar-refractivity contribution is 0.195. The minimum Gasteiger partial charge on any atom is -0.385 e. The minimum absolute atomic E-state index is 0.258. The van der Waals surface area contributed by atoms with Gasteiger partial charge in [0.2, 0.25) is 0 Å². The fourth-order valence-corrected chi connectivity index (χ4v) is 3.73. The quantitative estimate of drug-likeness (QED) is 0.172. The zero-order valence-electron chi connectivity index (χ0n) is 18.2. The summed E-state index contributed by atoms with van der Waals surface area (Å²) in [5.74, 6) is 0.878. The normalized spacial score (nSPS) is 10.9. The average Bonchev–Trinajstić information content (AvgIpc) is 2.78. The third-order valence-electron chi connectivity index (χ3n) is 5.38. The fraction of sp³-hybridized carbons (Fsp3) is 0.143. The van der Waals surface area contributed by atoms with Crippen molar-refractivity contribution in [2.75, 3.05) is 13.7 Å². The van der Waals surface area contributed by atoms with E-state index in [2.05, 4.69) is 11.8 Å². The van der Waals surface area contributed by atoms with E-state index >= 15 is 0 Å². The highest BCUT2D eigenvalue weighted by Gasteiger charge is 2.18. The first-order valence-electron chi connectivity index (χ1n) is 10.5. The summed E-state index contributed by atoms with van der Waals surface area (Å²) in [4.78, 5) is 0. The Morgan fingerprint density at radius 2 is 1.35 bits per heavy atom. The summed E-state index contributed by atoms with van der Waals surface area (Å²) in [6.07, 6.45) is 0.988. The SMILES string of the molecule is COCCCc1cc(F)c(-c2cc(F)c(C#Cc3ccc4cc(F)ccc4c3)c(F)c2)c(F)c1. The van der Waals surface area contributed by atoms with Crippen LogP contribution < -0.4 is 0 Å². The smallest absolute Gasteiger partial charge is 0.142 e. The second kappa shape index (κ2) is 10.1. The molecule has 0 fully saturated rings. The molecule has 4 aromatic rings.